The summed E-state index contributed by atoms with van der Waals surface area (Å²) in [7, 11) is 0. The van der Waals surface area contributed by atoms with Gasteiger partial charge in [-0.3, -0.25) is 0 Å². The van der Waals surface area contributed by atoms with E-state index in [2.05, 4.69) is 32.2 Å². The summed E-state index contributed by atoms with van der Waals surface area (Å²) >= 11 is 1.72. The van der Waals surface area contributed by atoms with Crippen LogP contribution in [0.5, 0.6) is 17.2 Å². The van der Waals surface area contributed by atoms with E-state index in [-0.39, 0.29) is 5.41 Å². The molecule has 0 bridgehead atoms. The van der Waals surface area contributed by atoms with Crippen LogP contribution in [0.25, 0.3) is 0 Å². The summed E-state index contributed by atoms with van der Waals surface area (Å²) in [5.41, 5.74) is 1.09. The van der Waals surface area contributed by atoms with Gasteiger partial charge in [0.1, 0.15) is 12.4 Å². The second-order valence-electron chi connectivity index (χ2n) is 6.49. The predicted molar refractivity (Wildman–Crippen MR) is 93.8 cm³/mol. The monoisotopic (exact) mass is 330 g/mol. The van der Waals surface area contributed by atoms with E-state index >= 15 is 0 Å². The normalized spacial score (nSPS) is 15.8. The Morgan fingerprint density at radius 3 is 2.39 bits per heavy atom. The van der Waals surface area contributed by atoms with Gasteiger partial charge in [0.15, 0.2) is 11.5 Å². The highest BCUT2D eigenvalue weighted by Gasteiger charge is 2.25. The zero-order valence-electron chi connectivity index (χ0n) is 13.8. The van der Waals surface area contributed by atoms with E-state index in [1.165, 1.54) is 4.90 Å². The molecule has 0 N–H and O–H groups in total. The summed E-state index contributed by atoms with van der Waals surface area (Å²) in [6.45, 7) is 6.11. The maximum Gasteiger partial charge on any atom is 0.161 e. The lowest BCUT2D eigenvalue weighted by atomic mass is 9.97. The van der Waals surface area contributed by atoms with Crippen LogP contribution in [0, 0.1) is 5.41 Å². The average molecular weight is 330 g/mol. The number of fused-ring (bicyclic) bond motifs is 1. The van der Waals surface area contributed by atoms with Crippen LogP contribution in [-0.2, 0) is 6.61 Å². The molecule has 0 spiro atoms. The van der Waals surface area contributed by atoms with E-state index in [0.717, 1.165) is 22.8 Å². The first-order valence-corrected chi connectivity index (χ1v) is 8.94. The van der Waals surface area contributed by atoms with Crippen molar-refractivity contribution in [1.29, 1.82) is 0 Å². The van der Waals surface area contributed by atoms with Crippen LogP contribution in [0.4, 0.5) is 0 Å². The lowest BCUT2D eigenvalue weighted by Gasteiger charge is -2.19. The van der Waals surface area contributed by atoms with Crippen molar-refractivity contribution < 1.29 is 14.2 Å². The fraction of sp³-hybridized carbons (Fsp3) is 0.368. The Morgan fingerprint density at radius 1 is 1.00 bits per heavy atom. The number of ether oxygens (including phenoxy) is 3. The molecule has 3 nitrogen and oxygen atoms in total. The van der Waals surface area contributed by atoms with Crippen LogP contribution in [0.2, 0.25) is 0 Å². The highest BCUT2D eigenvalue weighted by Crippen LogP contribution is 2.34. The fourth-order valence-electron chi connectivity index (χ4n) is 2.30. The van der Waals surface area contributed by atoms with Gasteiger partial charge >= 0.3 is 0 Å². The van der Waals surface area contributed by atoms with Gasteiger partial charge in [-0.2, -0.15) is 0 Å². The summed E-state index contributed by atoms with van der Waals surface area (Å²) in [5, 5.41) is 0. The zero-order chi connectivity index (χ0) is 16.3. The molecule has 0 saturated carbocycles. The van der Waals surface area contributed by atoms with Crippen molar-refractivity contribution in [1.82, 2.24) is 0 Å². The Balaban J connectivity index is 1.66. The maximum absolute atomic E-state index is 5.90. The highest BCUT2D eigenvalue weighted by atomic mass is 32.2. The van der Waals surface area contributed by atoms with Crippen LogP contribution in [0.1, 0.15) is 19.4 Å². The first-order valence-electron chi connectivity index (χ1n) is 7.71. The topological polar surface area (TPSA) is 27.7 Å². The van der Waals surface area contributed by atoms with Crippen molar-refractivity contribution in [2.45, 2.75) is 25.3 Å². The highest BCUT2D eigenvalue weighted by molar-refractivity contribution is 7.98. The van der Waals surface area contributed by atoms with Crippen LogP contribution in [-0.4, -0.2) is 19.5 Å². The number of rotatable bonds is 4. The SMILES string of the molecule is CSc1ccc(OCc2ccc3c(c2)OCC(C)(C)CO3)cc1. The van der Waals surface area contributed by atoms with Crippen molar-refractivity contribution in [2.24, 2.45) is 5.41 Å². The molecule has 0 unspecified atom stereocenters. The molecule has 122 valence electrons. The summed E-state index contributed by atoms with van der Waals surface area (Å²) in [6, 6.07) is 14.1. The Morgan fingerprint density at radius 2 is 1.70 bits per heavy atom. The first kappa shape index (κ1) is 16.1. The van der Waals surface area contributed by atoms with Gasteiger partial charge in [0.05, 0.1) is 13.2 Å². The van der Waals surface area contributed by atoms with Gasteiger partial charge in [0.2, 0.25) is 0 Å². The van der Waals surface area contributed by atoms with Gasteiger partial charge in [-0.25, -0.2) is 0 Å². The third kappa shape index (κ3) is 4.14. The average Bonchev–Trinajstić information content (AvgIpc) is 2.72. The molecule has 3 rings (SSSR count). The Hall–Kier alpha value is -1.81. The van der Waals surface area contributed by atoms with Gasteiger partial charge in [-0.1, -0.05) is 19.9 Å². The maximum atomic E-state index is 5.90. The molecule has 1 aliphatic heterocycles. The van der Waals surface area contributed by atoms with E-state index in [4.69, 9.17) is 14.2 Å². The molecule has 23 heavy (non-hydrogen) atoms. The lowest BCUT2D eigenvalue weighted by molar-refractivity contribution is 0.140. The second-order valence-corrected chi connectivity index (χ2v) is 7.37. The number of benzene rings is 2. The molecule has 0 amide bonds. The standard InChI is InChI=1S/C19H22O3S/c1-19(2)12-21-17-9-4-14(10-18(17)22-13-19)11-20-15-5-7-16(23-3)8-6-15/h4-10H,11-13H2,1-3H3. The molecular weight excluding hydrogens is 308 g/mol. The fourth-order valence-corrected chi connectivity index (χ4v) is 2.71. The third-order valence-corrected chi connectivity index (χ3v) is 4.45. The van der Waals surface area contributed by atoms with Crippen LogP contribution < -0.4 is 14.2 Å². The quantitative estimate of drug-likeness (QED) is 0.754. The summed E-state index contributed by atoms with van der Waals surface area (Å²) in [5.74, 6) is 2.48. The number of thioether (sulfide) groups is 1. The molecule has 0 aromatic heterocycles. The number of hydrogen-bond acceptors (Lipinski definition) is 4. The van der Waals surface area contributed by atoms with E-state index in [1.54, 1.807) is 11.8 Å². The Bertz CT molecular complexity index is 665. The molecule has 0 fully saturated rings. The minimum atomic E-state index is 0.0225. The van der Waals surface area contributed by atoms with E-state index in [1.807, 2.05) is 30.3 Å². The second kappa shape index (κ2) is 6.75. The summed E-state index contributed by atoms with van der Waals surface area (Å²) < 4.78 is 17.6. The molecule has 2 aromatic carbocycles. The molecule has 0 atom stereocenters. The smallest absolute Gasteiger partial charge is 0.161 e. The van der Waals surface area contributed by atoms with Gasteiger partial charge in [-0.15, -0.1) is 11.8 Å². The van der Waals surface area contributed by atoms with Crippen molar-refractivity contribution in [2.75, 3.05) is 19.5 Å². The van der Waals surface area contributed by atoms with E-state index in [9.17, 15) is 0 Å². The van der Waals surface area contributed by atoms with Crippen molar-refractivity contribution in [3.8, 4) is 17.2 Å². The van der Waals surface area contributed by atoms with Crippen LogP contribution in [0.15, 0.2) is 47.4 Å². The molecular formula is C19H22O3S. The summed E-state index contributed by atoms with van der Waals surface area (Å²) in [6.07, 6.45) is 2.06. The van der Waals surface area contributed by atoms with Crippen molar-refractivity contribution in [3.63, 3.8) is 0 Å². The van der Waals surface area contributed by atoms with Crippen molar-refractivity contribution >= 4 is 11.8 Å². The number of hydrogen-bond donors (Lipinski definition) is 0. The lowest BCUT2D eigenvalue weighted by Crippen LogP contribution is -2.26. The minimum absolute atomic E-state index is 0.0225. The van der Waals surface area contributed by atoms with Gasteiger partial charge in [-0.05, 0) is 48.2 Å². The molecule has 1 aliphatic rings. The molecule has 4 heteroatoms. The summed E-state index contributed by atoms with van der Waals surface area (Å²) in [4.78, 5) is 1.23. The largest absolute Gasteiger partial charge is 0.489 e. The predicted octanol–water partition coefficient (Wildman–Crippen LogP) is 4.78. The van der Waals surface area contributed by atoms with Crippen molar-refractivity contribution in [3.05, 3.63) is 48.0 Å². The third-order valence-electron chi connectivity index (χ3n) is 3.71. The molecule has 0 saturated heterocycles. The van der Waals surface area contributed by atoms with Crippen LogP contribution in [0.3, 0.4) is 0 Å². The van der Waals surface area contributed by atoms with Gasteiger partial charge in [0, 0.05) is 10.3 Å². The Labute approximate surface area is 142 Å². The molecule has 0 radical (unpaired) electrons. The minimum Gasteiger partial charge on any atom is -0.489 e. The van der Waals surface area contributed by atoms with Gasteiger partial charge in [0.25, 0.3) is 0 Å². The molecule has 0 aliphatic carbocycles. The molecule has 2 aromatic rings. The van der Waals surface area contributed by atoms with Gasteiger partial charge < -0.3 is 14.2 Å². The van der Waals surface area contributed by atoms with E-state index < -0.39 is 0 Å². The molecule has 1 heterocycles. The van der Waals surface area contributed by atoms with Crippen LogP contribution >= 0.6 is 11.8 Å². The van der Waals surface area contributed by atoms with E-state index in [0.29, 0.717) is 19.8 Å². The first-order chi connectivity index (χ1) is 11.1. The zero-order valence-corrected chi connectivity index (χ0v) is 14.6. The Kier molecular flexibility index (Phi) is 4.71.